The first-order valence-electron chi connectivity index (χ1n) is 5.00. The van der Waals surface area contributed by atoms with E-state index in [9.17, 15) is 5.11 Å². The zero-order valence-corrected chi connectivity index (χ0v) is 10.4. The van der Waals surface area contributed by atoms with Crippen LogP contribution in [0.3, 0.4) is 0 Å². The molecule has 0 aliphatic heterocycles. The minimum atomic E-state index is -0.453. The van der Waals surface area contributed by atoms with Crippen molar-refractivity contribution in [2.24, 2.45) is 0 Å². The molecule has 0 aliphatic carbocycles. The van der Waals surface area contributed by atoms with E-state index in [-0.39, 0.29) is 11.8 Å². The number of rotatable bonds is 5. The van der Waals surface area contributed by atoms with E-state index in [2.05, 4.69) is 15.3 Å². The molecule has 0 amide bonds. The maximum Gasteiger partial charge on any atom is 0.198 e. The van der Waals surface area contributed by atoms with Gasteiger partial charge in [0.2, 0.25) is 0 Å². The van der Waals surface area contributed by atoms with Crippen molar-refractivity contribution in [2.75, 3.05) is 19.0 Å². The van der Waals surface area contributed by atoms with Gasteiger partial charge in [0.05, 0.1) is 19.3 Å². The minimum absolute atomic E-state index is 0.00568. The van der Waals surface area contributed by atoms with Crippen LogP contribution in [0.4, 0.5) is 5.82 Å². The van der Waals surface area contributed by atoms with E-state index in [1.54, 1.807) is 0 Å². The third-order valence-electron chi connectivity index (χ3n) is 2.51. The number of nitrogens with zero attached hydrogens (tertiary/aromatic N) is 2. The highest BCUT2D eigenvalue weighted by Crippen LogP contribution is 2.30. The number of aromatic nitrogens is 2. The van der Waals surface area contributed by atoms with Crippen LogP contribution in [0.1, 0.15) is 20.3 Å². The number of methoxy groups -OCH3 is 1. The standard InChI is InChI=1S/C10H16ClN3O2/c1-4-10(2,5-15)14-9-7(16-3)8(11)12-6-13-9/h6,15H,4-5H2,1-3H3,(H,12,13,14). The summed E-state index contributed by atoms with van der Waals surface area (Å²) < 4.78 is 5.11. The van der Waals surface area contributed by atoms with Crippen LogP contribution in [0.25, 0.3) is 0 Å². The third-order valence-corrected chi connectivity index (χ3v) is 2.78. The summed E-state index contributed by atoms with van der Waals surface area (Å²) >= 11 is 5.87. The number of hydrogen-bond donors (Lipinski definition) is 2. The van der Waals surface area contributed by atoms with Crippen LogP contribution in [-0.4, -0.2) is 34.3 Å². The fourth-order valence-corrected chi connectivity index (χ4v) is 1.36. The quantitative estimate of drug-likeness (QED) is 0.773. The lowest BCUT2D eigenvalue weighted by atomic mass is 10.0. The molecule has 0 radical (unpaired) electrons. The topological polar surface area (TPSA) is 67.3 Å². The van der Waals surface area contributed by atoms with Gasteiger partial charge in [-0.2, -0.15) is 0 Å². The first kappa shape index (κ1) is 13.0. The second-order valence-corrected chi connectivity index (χ2v) is 4.10. The smallest absolute Gasteiger partial charge is 0.198 e. The van der Waals surface area contributed by atoms with Crippen LogP contribution in [0, 0.1) is 0 Å². The Bertz CT molecular complexity index is 356. The number of nitrogens with one attached hydrogen (secondary N) is 1. The minimum Gasteiger partial charge on any atom is -0.490 e. The molecule has 6 heteroatoms. The summed E-state index contributed by atoms with van der Waals surface area (Å²) in [5, 5.41) is 12.7. The lowest BCUT2D eigenvalue weighted by molar-refractivity contribution is 0.218. The molecule has 0 fully saturated rings. The molecular formula is C10H16ClN3O2. The van der Waals surface area contributed by atoms with Crippen LogP contribution < -0.4 is 10.1 Å². The molecule has 1 aromatic heterocycles. The van der Waals surface area contributed by atoms with E-state index in [0.29, 0.717) is 11.6 Å². The van der Waals surface area contributed by atoms with Crippen molar-refractivity contribution in [3.8, 4) is 5.75 Å². The highest BCUT2D eigenvalue weighted by molar-refractivity contribution is 6.31. The first-order valence-corrected chi connectivity index (χ1v) is 5.37. The van der Waals surface area contributed by atoms with Gasteiger partial charge in [-0.3, -0.25) is 0 Å². The Labute approximate surface area is 99.8 Å². The Hall–Kier alpha value is -1.07. The van der Waals surface area contributed by atoms with E-state index in [1.807, 2.05) is 13.8 Å². The van der Waals surface area contributed by atoms with Gasteiger partial charge in [0.15, 0.2) is 16.7 Å². The summed E-state index contributed by atoms with van der Waals surface area (Å²) in [6.07, 6.45) is 2.09. The van der Waals surface area contributed by atoms with E-state index < -0.39 is 5.54 Å². The molecule has 0 spiro atoms. The molecule has 0 aromatic carbocycles. The molecule has 1 aromatic rings. The predicted octanol–water partition coefficient (Wildman–Crippen LogP) is 1.71. The van der Waals surface area contributed by atoms with Gasteiger partial charge in [-0.15, -0.1) is 0 Å². The van der Waals surface area contributed by atoms with Crippen molar-refractivity contribution in [1.82, 2.24) is 9.97 Å². The molecule has 0 bridgehead atoms. The lowest BCUT2D eigenvalue weighted by Gasteiger charge is -2.28. The molecule has 1 rings (SSSR count). The molecule has 1 atom stereocenters. The van der Waals surface area contributed by atoms with Crippen molar-refractivity contribution in [2.45, 2.75) is 25.8 Å². The maximum atomic E-state index is 9.30. The SMILES string of the molecule is CCC(C)(CO)Nc1ncnc(Cl)c1OC. The average molecular weight is 246 g/mol. The van der Waals surface area contributed by atoms with Crippen molar-refractivity contribution in [3.63, 3.8) is 0 Å². The highest BCUT2D eigenvalue weighted by atomic mass is 35.5. The van der Waals surface area contributed by atoms with Crippen molar-refractivity contribution in [1.29, 1.82) is 0 Å². The predicted molar refractivity (Wildman–Crippen MR) is 63.0 cm³/mol. The number of halogens is 1. The Morgan fingerprint density at radius 1 is 1.56 bits per heavy atom. The third kappa shape index (κ3) is 2.74. The summed E-state index contributed by atoms with van der Waals surface area (Å²) in [6, 6.07) is 0. The second-order valence-electron chi connectivity index (χ2n) is 3.74. The van der Waals surface area contributed by atoms with Crippen molar-refractivity contribution in [3.05, 3.63) is 11.5 Å². The largest absolute Gasteiger partial charge is 0.490 e. The van der Waals surface area contributed by atoms with Crippen LogP contribution in [-0.2, 0) is 0 Å². The van der Waals surface area contributed by atoms with E-state index in [0.717, 1.165) is 6.42 Å². The van der Waals surface area contributed by atoms with E-state index in [1.165, 1.54) is 13.4 Å². The summed E-state index contributed by atoms with van der Waals surface area (Å²) in [5.41, 5.74) is -0.453. The molecule has 2 N–H and O–H groups in total. The van der Waals surface area contributed by atoms with Gasteiger partial charge in [-0.25, -0.2) is 9.97 Å². The molecular weight excluding hydrogens is 230 g/mol. The van der Waals surface area contributed by atoms with Crippen LogP contribution >= 0.6 is 11.6 Å². The molecule has 1 unspecified atom stereocenters. The van der Waals surface area contributed by atoms with Crippen molar-refractivity contribution >= 4 is 17.4 Å². The van der Waals surface area contributed by atoms with E-state index >= 15 is 0 Å². The molecule has 0 aliphatic rings. The Balaban J connectivity index is 3.01. The molecule has 5 nitrogen and oxygen atoms in total. The monoisotopic (exact) mass is 245 g/mol. The zero-order chi connectivity index (χ0) is 12.2. The Kier molecular flexibility index (Phi) is 4.32. The maximum absolute atomic E-state index is 9.30. The van der Waals surface area contributed by atoms with Crippen LogP contribution in [0.5, 0.6) is 5.75 Å². The number of anilines is 1. The number of aliphatic hydroxyl groups is 1. The fourth-order valence-electron chi connectivity index (χ4n) is 1.15. The highest BCUT2D eigenvalue weighted by Gasteiger charge is 2.23. The Morgan fingerprint density at radius 2 is 2.25 bits per heavy atom. The van der Waals surface area contributed by atoms with Gasteiger partial charge in [0.25, 0.3) is 0 Å². The van der Waals surface area contributed by atoms with Crippen LogP contribution in [0.15, 0.2) is 6.33 Å². The average Bonchev–Trinajstić information content (AvgIpc) is 2.29. The van der Waals surface area contributed by atoms with Crippen LogP contribution in [0.2, 0.25) is 5.15 Å². The summed E-state index contributed by atoms with van der Waals surface area (Å²) in [5.74, 6) is 0.873. The van der Waals surface area contributed by atoms with Crippen molar-refractivity contribution < 1.29 is 9.84 Å². The van der Waals surface area contributed by atoms with Gasteiger partial charge in [0.1, 0.15) is 6.33 Å². The van der Waals surface area contributed by atoms with E-state index in [4.69, 9.17) is 16.3 Å². The lowest BCUT2D eigenvalue weighted by Crippen LogP contribution is -2.38. The van der Waals surface area contributed by atoms with Gasteiger partial charge in [-0.05, 0) is 13.3 Å². The molecule has 0 saturated heterocycles. The molecule has 0 saturated carbocycles. The molecule has 16 heavy (non-hydrogen) atoms. The zero-order valence-electron chi connectivity index (χ0n) is 9.62. The van der Waals surface area contributed by atoms with Gasteiger partial charge in [0, 0.05) is 0 Å². The number of ether oxygens (including phenoxy) is 1. The number of aliphatic hydroxyl groups excluding tert-OH is 1. The van der Waals surface area contributed by atoms with Gasteiger partial charge >= 0.3 is 0 Å². The summed E-state index contributed by atoms with van der Waals surface area (Å²) in [6.45, 7) is 3.86. The molecule has 90 valence electrons. The fraction of sp³-hybridized carbons (Fsp3) is 0.600. The normalized spacial score (nSPS) is 14.3. The second kappa shape index (κ2) is 5.32. The summed E-state index contributed by atoms with van der Waals surface area (Å²) in [4.78, 5) is 7.87. The van der Waals surface area contributed by atoms with Gasteiger partial charge < -0.3 is 15.2 Å². The first-order chi connectivity index (χ1) is 7.56. The molecule has 1 heterocycles. The summed E-state index contributed by atoms with van der Waals surface area (Å²) in [7, 11) is 1.50. The number of hydrogen-bond acceptors (Lipinski definition) is 5. The van der Waals surface area contributed by atoms with Gasteiger partial charge in [-0.1, -0.05) is 18.5 Å². The Morgan fingerprint density at radius 3 is 2.75 bits per heavy atom.